The third-order valence-corrected chi connectivity index (χ3v) is 2.36. The SMILES string of the molecule is NCCCC(=O)c1cc2cc(F)ccc2o1. The molecule has 0 unspecified atom stereocenters. The summed E-state index contributed by atoms with van der Waals surface area (Å²) in [6.45, 7) is 0.473. The lowest BCUT2D eigenvalue weighted by Crippen LogP contribution is -2.03. The summed E-state index contributed by atoms with van der Waals surface area (Å²) in [5.74, 6) is -0.162. The van der Waals surface area contributed by atoms with Crippen LogP contribution in [0.15, 0.2) is 28.7 Å². The number of rotatable bonds is 4. The van der Waals surface area contributed by atoms with Crippen LogP contribution >= 0.6 is 0 Å². The highest BCUT2D eigenvalue weighted by Crippen LogP contribution is 2.21. The van der Waals surface area contributed by atoms with Gasteiger partial charge in [0.15, 0.2) is 11.5 Å². The topological polar surface area (TPSA) is 56.2 Å². The molecule has 1 heterocycles. The van der Waals surface area contributed by atoms with Crippen LogP contribution in [0, 0.1) is 5.82 Å². The molecule has 1 aromatic carbocycles. The first-order valence-electron chi connectivity index (χ1n) is 5.13. The predicted molar refractivity (Wildman–Crippen MR) is 58.8 cm³/mol. The first kappa shape index (κ1) is 10.8. The zero-order valence-corrected chi connectivity index (χ0v) is 8.70. The number of hydrogen-bond donors (Lipinski definition) is 1. The molecule has 0 fully saturated rings. The van der Waals surface area contributed by atoms with Gasteiger partial charge in [-0.2, -0.15) is 0 Å². The molecule has 1 aromatic heterocycles. The summed E-state index contributed by atoms with van der Waals surface area (Å²) in [7, 11) is 0. The van der Waals surface area contributed by atoms with Gasteiger partial charge < -0.3 is 10.2 Å². The van der Waals surface area contributed by atoms with Crippen LogP contribution in [0.25, 0.3) is 11.0 Å². The lowest BCUT2D eigenvalue weighted by Gasteiger charge is -1.93. The largest absolute Gasteiger partial charge is 0.453 e. The maximum atomic E-state index is 12.9. The number of carbonyl (C=O) groups excluding carboxylic acids is 1. The Morgan fingerprint density at radius 1 is 1.38 bits per heavy atom. The normalized spacial score (nSPS) is 10.9. The summed E-state index contributed by atoms with van der Waals surface area (Å²) in [6.07, 6.45) is 0.989. The van der Waals surface area contributed by atoms with E-state index in [1.807, 2.05) is 0 Å². The molecule has 0 spiro atoms. The molecule has 2 rings (SSSR count). The lowest BCUT2D eigenvalue weighted by atomic mass is 10.1. The molecule has 16 heavy (non-hydrogen) atoms. The van der Waals surface area contributed by atoms with Gasteiger partial charge in [-0.25, -0.2) is 4.39 Å². The van der Waals surface area contributed by atoms with Gasteiger partial charge in [0.05, 0.1) is 0 Å². The monoisotopic (exact) mass is 221 g/mol. The molecule has 0 bridgehead atoms. The summed E-state index contributed by atoms with van der Waals surface area (Å²) in [6, 6.07) is 5.74. The molecule has 3 nitrogen and oxygen atoms in total. The van der Waals surface area contributed by atoms with E-state index in [2.05, 4.69) is 0 Å². The van der Waals surface area contributed by atoms with Crippen molar-refractivity contribution < 1.29 is 13.6 Å². The van der Waals surface area contributed by atoms with Crippen molar-refractivity contribution >= 4 is 16.8 Å². The molecule has 84 valence electrons. The van der Waals surface area contributed by atoms with Crippen LogP contribution in [0.5, 0.6) is 0 Å². The second-order valence-electron chi connectivity index (χ2n) is 3.61. The second kappa shape index (κ2) is 4.45. The zero-order valence-electron chi connectivity index (χ0n) is 8.70. The Labute approximate surface area is 92.0 Å². The molecule has 4 heteroatoms. The third-order valence-electron chi connectivity index (χ3n) is 2.36. The quantitative estimate of drug-likeness (QED) is 0.807. The van der Waals surface area contributed by atoms with E-state index in [0.29, 0.717) is 30.4 Å². The second-order valence-corrected chi connectivity index (χ2v) is 3.61. The third kappa shape index (κ3) is 2.12. The van der Waals surface area contributed by atoms with Crippen molar-refractivity contribution in [2.24, 2.45) is 5.73 Å². The van der Waals surface area contributed by atoms with E-state index in [9.17, 15) is 9.18 Å². The molecule has 0 aliphatic heterocycles. The Hall–Kier alpha value is -1.68. The van der Waals surface area contributed by atoms with Crippen LogP contribution in [-0.4, -0.2) is 12.3 Å². The summed E-state index contributed by atoms with van der Waals surface area (Å²) in [5, 5.41) is 0.607. The summed E-state index contributed by atoms with van der Waals surface area (Å²) in [5.41, 5.74) is 5.84. The maximum Gasteiger partial charge on any atom is 0.198 e. The van der Waals surface area contributed by atoms with Gasteiger partial charge in [-0.3, -0.25) is 4.79 Å². The Balaban J connectivity index is 2.28. The highest BCUT2D eigenvalue weighted by Gasteiger charge is 2.11. The molecule has 0 aliphatic carbocycles. The van der Waals surface area contributed by atoms with E-state index in [1.54, 1.807) is 6.07 Å². The van der Waals surface area contributed by atoms with Crippen LogP contribution in [0.1, 0.15) is 23.4 Å². The van der Waals surface area contributed by atoms with Crippen LogP contribution < -0.4 is 5.73 Å². The molecule has 0 amide bonds. The molecular formula is C12H12FNO2. The highest BCUT2D eigenvalue weighted by molar-refractivity contribution is 5.97. The van der Waals surface area contributed by atoms with Gasteiger partial charge >= 0.3 is 0 Å². The van der Waals surface area contributed by atoms with Crippen LogP contribution in [-0.2, 0) is 0 Å². The fraction of sp³-hybridized carbons (Fsp3) is 0.250. The zero-order chi connectivity index (χ0) is 11.5. The van der Waals surface area contributed by atoms with Gasteiger partial charge in [0.2, 0.25) is 0 Å². The number of furan rings is 1. The summed E-state index contributed by atoms with van der Waals surface area (Å²) >= 11 is 0. The van der Waals surface area contributed by atoms with Gasteiger partial charge in [-0.15, -0.1) is 0 Å². The van der Waals surface area contributed by atoms with Gasteiger partial charge in [0, 0.05) is 11.8 Å². The van der Waals surface area contributed by atoms with Crippen molar-refractivity contribution in [3.8, 4) is 0 Å². The van der Waals surface area contributed by atoms with Gasteiger partial charge in [0.25, 0.3) is 0 Å². The molecule has 0 radical (unpaired) electrons. The number of hydrogen-bond acceptors (Lipinski definition) is 3. The number of nitrogens with two attached hydrogens (primary N) is 1. The fourth-order valence-corrected chi connectivity index (χ4v) is 1.54. The highest BCUT2D eigenvalue weighted by atomic mass is 19.1. The average molecular weight is 221 g/mol. The standard InChI is InChI=1S/C12H12FNO2/c13-9-3-4-11-8(6-9)7-12(16-11)10(15)2-1-5-14/h3-4,6-7H,1-2,5,14H2. The molecule has 0 saturated carbocycles. The minimum Gasteiger partial charge on any atom is -0.453 e. The first-order chi connectivity index (χ1) is 7.70. The summed E-state index contributed by atoms with van der Waals surface area (Å²) in [4.78, 5) is 11.6. The van der Waals surface area contributed by atoms with Crippen molar-refractivity contribution in [1.29, 1.82) is 0 Å². The molecule has 0 atom stereocenters. The smallest absolute Gasteiger partial charge is 0.198 e. The van der Waals surface area contributed by atoms with Crippen molar-refractivity contribution in [3.05, 3.63) is 35.8 Å². The first-order valence-corrected chi connectivity index (χ1v) is 5.13. The van der Waals surface area contributed by atoms with Crippen LogP contribution in [0.2, 0.25) is 0 Å². The number of ketones is 1. The molecule has 0 aliphatic rings. The van der Waals surface area contributed by atoms with Crippen molar-refractivity contribution in [2.45, 2.75) is 12.8 Å². The predicted octanol–water partition coefficient (Wildman–Crippen LogP) is 2.49. The summed E-state index contributed by atoms with van der Waals surface area (Å²) < 4.78 is 18.2. The molecule has 0 saturated heterocycles. The number of benzene rings is 1. The van der Waals surface area contributed by atoms with Crippen LogP contribution in [0.3, 0.4) is 0 Å². The molecular weight excluding hydrogens is 209 g/mol. The van der Waals surface area contributed by atoms with E-state index in [-0.39, 0.29) is 17.4 Å². The Kier molecular flexibility index (Phi) is 3.01. The van der Waals surface area contributed by atoms with Crippen molar-refractivity contribution in [2.75, 3.05) is 6.54 Å². The molecule has 2 aromatic rings. The van der Waals surface area contributed by atoms with E-state index in [0.717, 1.165) is 0 Å². The number of fused-ring (bicyclic) bond motifs is 1. The van der Waals surface area contributed by atoms with Gasteiger partial charge in [-0.05, 0) is 37.2 Å². The minimum atomic E-state index is -0.339. The number of Topliss-reactive ketones (excluding diaryl/α,β-unsaturated/α-hetero) is 1. The van der Waals surface area contributed by atoms with Crippen LogP contribution in [0.4, 0.5) is 4.39 Å². The number of carbonyl (C=O) groups is 1. The number of halogens is 1. The maximum absolute atomic E-state index is 12.9. The van der Waals surface area contributed by atoms with E-state index >= 15 is 0 Å². The lowest BCUT2D eigenvalue weighted by molar-refractivity contribution is 0.0956. The van der Waals surface area contributed by atoms with E-state index in [1.165, 1.54) is 18.2 Å². The molecule has 2 N–H and O–H groups in total. The van der Waals surface area contributed by atoms with Gasteiger partial charge in [0.1, 0.15) is 11.4 Å². The van der Waals surface area contributed by atoms with E-state index in [4.69, 9.17) is 10.2 Å². The Bertz CT molecular complexity index is 519. The van der Waals surface area contributed by atoms with E-state index < -0.39 is 0 Å². The average Bonchev–Trinajstić information content (AvgIpc) is 2.68. The Morgan fingerprint density at radius 2 is 2.19 bits per heavy atom. The fourth-order valence-electron chi connectivity index (χ4n) is 1.54. The minimum absolute atomic E-state index is 0.0953. The Morgan fingerprint density at radius 3 is 2.94 bits per heavy atom. The van der Waals surface area contributed by atoms with Crippen molar-refractivity contribution in [1.82, 2.24) is 0 Å². The van der Waals surface area contributed by atoms with Crippen molar-refractivity contribution in [3.63, 3.8) is 0 Å². The van der Waals surface area contributed by atoms with Gasteiger partial charge in [-0.1, -0.05) is 0 Å².